The molecule has 6 rings (SSSR count). The van der Waals surface area contributed by atoms with Crippen molar-refractivity contribution in [3.63, 3.8) is 0 Å². The van der Waals surface area contributed by atoms with Crippen LogP contribution in [0.4, 0.5) is 4.79 Å². The molecule has 33 heavy (non-hydrogen) atoms. The van der Waals surface area contributed by atoms with Crippen molar-refractivity contribution in [2.75, 3.05) is 13.2 Å². The number of ether oxygens (including phenoxy) is 2. The minimum Gasteiger partial charge on any atom is -0.493 e. The van der Waals surface area contributed by atoms with Gasteiger partial charge in [0, 0.05) is 18.0 Å². The van der Waals surface area contributed by atoms with E-state index in [1.54, 1.807) is 0 Å². The monoisotopic (exact) mass is 445 g/mol. The summed E-state index contributed by atoms with van der Waals surface area (Å²) in [5.41, 5.74) is 4.17. The summed E-state index contributed by atoms with van der Waals surface area (Å²) in [6.07, 6.45) is 10.8. The number of carbonyl (C=O) groups is 1. The van der Waals surface area contributed by atoms with Gasteiger partial charge in [-0.3, -0.25) is 0 Å². The van der Waals surface area contributed by atoms with Gasteiger partial charge in [0.1, 0.15) is 12.4 Å². The minimum atomic E-state index is -0.146. The number of benzene rings is 2. The second-order valence-corrected chi connectivity index (χ2v) is 10.7. The van der Waals surface area contributed by atoms with Crippen molar-refractivity contribution < 1.29 is 14.3 Å². The molecule has 1 saturated heterocycles. The molecule has 3 aliphatic carbocycles. The van der Waals surface area contributed by atoms with Gasteiger partial charge in [-0.2, -0.15) is 0 Å². The molecule has 3 fully saturated rings. The smallest absolute Gasteiger partial charge is 0.410 e. The third-order valence-corrected chi connectivity index (χ3v) is 8.96. The normalized spacial score (nSPS) is 28.3. The van der Waals surface area contributed by atoms with E-state index in [1.807, 2.05) is 30.3 Å². The van der Waals surface area contributed by atoms with E-state index in [0.717, 1.165) is 43.2 Å². The van der Waals surface area contributed by atoms with Gasteiger partial charge in [-0.15, -0.1) is 0 Å². The standard InChI is InChI=1S/C29H35NO3/c31-28(33-20-21-7-2-1-3-8-21)30-16-15-29-14-5-4-11-25(29)27(30)17-23-12-13-24(18-26(23)29)32-19-22-9-6-10-22/h1-3,7-8,12-13,18,22,25,27H,4-6,9-11,14-17,19-20H2/t25-,27+,29+/m0/s1. The highest BCUT2D eigenvalue weighted by Gasteiger charge is 2.55. The van der Waals surface area contributed by atoms with Crippen LogP contribution in [0.3, 0.4) is 0 Å². The Bertz CT molecular complexity index is 1000. The van der Waals surface area contributed by atoms with Gasteiger partial charge >= 0.3 is 6.09 Å². The Morgan fingerprint density at radius 1 is 1.00 bits per heavy atom. The average Bonchev–Trinajstić information content (AvgIpc) is 2.82. The summed E-state index contributed by atoms with van der Waals surface area (Å²) >= 11 is 0. The van der Waals surface area contributed by atoms with Crippen LogP contribution in [0.5, 0.6) is 5.75 Å². The molecule has 174 valence electrons. The number of hydrogen-bond acceptors (Lipinski definition) is 3. The van der Waals surface area contributed by atoms with E-state index in [4.69, 9.17) is 9.47 Å². The molecule has 2 saturated carbocycles. The Balaban J connectivity index is 1.23. The Morgan fingerprint density at radius 3 is 2.70 bits per heavy atom. The van der Waals surface area contributed by atoms with Crippen molar-refractivity contribution >= 4 is 6.09 Å². The number of rotatable bonds is 5. The number of carbonyl (C=O) groups excluding carboxylic acids is 1. The summed E-state index contributed by atoms with van der Waals surface area (Å²) in [5, 5.41) is 0. The third kappa shape index (κ3) is 3.82. The minimum absolute atomic E-state index is 0.146. The van der Waals surface area contributed by atoms with Crippen LogP contribution in [0.15, 0.2) is 48.5 Å². The average molecular weight is 446 g/mol. The number of nitrogens with zero attached hydrogens (tertiary/aromatic N) is 1. The van der Waals surface area contributed by atoms with Crippen molar-refractivity contribution in [3.05, 3.63) is 65.2 Å². The van der Waals surface area contributed by atoms with Gasteiger partial charge in [-0.1, -0.05) is 55.7 Å². The summed E-state index contributed by atoms with van der Waals surface area (Å²) in [7, 11) is 0. The van der Waals surface area contributed by atoms with E-state index in [0.29, 0.717) is 12.5 Å². The molecule has 1 amide bonds. The quantitative estimate of drug-likeness (QED) is 0.545. The van der Waals surface area contributed by atoms with Crippen LogP contribution in [0.2, 0.25) is 0 Å². The molecule has 2 aromatic carbocycles. The van der Waals surface area contributed by atoms with Crippen LogP contribution in [0.25, 0.3) is 0 Å². The second kappa shape index (κ2) is 8.70. The highest BCUT2D eigenvalue weighted by molar-refractivity contribution is 5.69. The maximum Gasteiger partial charge on any atom is 0.410 e. The molecule has 0 spiro atoms. The summed E-state index contributed by atoms with van der Waals surface area (Å²) in [5.74, 6) is 2.32. The van der Waals surface area contributed by atoms with Gasteiger partial charge in [-0.25, -0.2) is 4.79 Å². The SMILES string of the molecule is O=C(OCc1ccccc1)N1CC[C@]23CCCC[C@H]2[C@H]1Cc1ccc(OCC2CCC2)cc13. The van der Waals surface area contributed by atoms with Gasteiger partial charge in [0.25, 0.3) is 0 Å². The first-order chi connectivity index (χ1) is 16.2. The summed E-state index contributed by atoms with van der Waals surface area (Å²) < 4.78 is 12.0. The lowest BCUT2D eigenvalue weighted by molar-refractivity contribution is -0.0137. The molecule has 3 atom stereocenters. The molecular formula is C29H35NO3. The van der Waals surface area contributed by atoms with Crippen molar-refractivity contribution in [2.24, 2.45) is 11.8 Å². The van der Waals surface area contributed by atoms with E-state index in [9.17, 15) is 4.79 Å². The largest absolute Gasteiger partial charge is 0.493 e. The van der Waals surface area contributed by atoms with E-state index >= 15 is 0 Å². The fourth-order valence-electron chi connectivity index (χ4n) is 6.98. The zero-order valence-corrected chi connectivity index (χ0v) is 19.5. The lowest BCUT2D eigenvalue weighted by atomic mass is 9.52. The molecule has 0 aromatic heterocycles. The van der Waals surface area contributed by atoms with E-state index < -0.39 is 0 Å². The number of amides is 1. The van der Waals surface area contributed by atoms with Gasteiger partial charge in [0.15, 0.2) is 0 Å². The van der Waals surface area contributed by atoms with Crippen molar-refractivity contribution in [3.8, 4) is 5.75 Å². The Hall–Kier alpha value is -2.49. The molecule has 0 radical (unpaired) electrons. The molecule has 1 heterocycles. The maximum atomic E-state index is 13.2. The lowest BCUT2D eigenvalue weighted by Gasteiger charge is -2.58. The molecule has 2 aromatic rings. The van der Waals surface area contributed by atoms with E-state index in [2.05, 4.69) is 23.1 Å². The first-order valence-corrected chi connectivity index (χ1v) is 13.0. The third-order valence-electron chi connectivity index (χ3n) is 8.96. The van der Waals surface area contributed by atoms with Crippen LogP contribution in [0, 0.1) is 11.8 Å². The number of fused-ring (bicyclic) bond motifs is 1. The number of likely N-dealkylation sites (tertiary alicyclic amines) is 1. The fourth-order valence-corrected chi connectivity index (χ4v) is 6.98. The number of piperidine rings is 1. The van der Waals surface area contributed by atoms with Crippen molar-refractivity contribution in [2.45, 2.75) is 75.9 Å². The summed E-state index contributed by atoms with van der Waals surface area (Å²) in [6, 6.07) is 17.0. The molecule has 4 aliphatic rings. The van der Waals surface area contributed by atoms with Gasteiger partial charge in [0.05, 0.1) is 6.61 Å². The Morgan fingerprint density at radius 2 is 1.88 bits per heavy atom. The van der Waals surface area contributed by atoms with Crippen molar-refractivity contribution in [1.82, 2.24) is 4.90 Å². The van der Waals surface area contributed by atoms with Crippen LogP contribution < -0.4 is 4.74 Å². The predicted octanol–water partition coefficient (Wildman–Crippen LogP) is 6.26. The van der Waals surface area contributed by atoms with E-state index in [-0.39, 0.29) is 17.6 Å². The fraction of sp³-hybridized carbons (Fsp3) is 0.552. The summed E-state index contributed by atoms with van der Waals surface area (Å²) in [4.78, 5) is 15.2. The molecule has 4 nitrogen and oxygen atoms in total. The molecular weight excluding hydrogens is 410 g/mol. The van der Waals surface area contributed by atoms with Crippen molar-refractivity contribution in [1.29, 1.82) is 0 Å². The lowest BCUT2D eigenvalue weighted by Crippen LogP contribution is -2.62. The molecule has 1 aliphatic heterocycles. The second-order valence-electron chi connectivity index (χ2n) is 10.7. The van der Waals surface area contributed by atoms with Gasteiger partial charge < -0.3 is 14.4 Å². The first-order valence-electron chi connectivity index (χ1n) is 13.0. The van der Waals surface area contributed by atoms with Crippen LogP contribution in [-0.2, 0) is 23.2 Å². The zero-order chi connectivity index (χ0) is 22.3. The summed E-state index contributed by atoms with van der Waals surface area (Å²) in [6.45, 7) is 2.00. The highest BCUT2D eigenvalue weighted by atomic mass is 16.6. The van der Waals surface area contributed by atoms with Crippen LogP contribution >= 0.6 is 0 Å². The molecule has 4 heteroatoms. The topological polar surface area (TPSA) is 38.8 Å². The molecule has 0 unspecified atom stereocenters. The zero-order valence-electron chi connectivity index (χ0n) is 19.5. The molecule has 0 N–H and O–H groups in total. The van der Waals surface area contributed by atoms with Crippen LogP contribution in [0.1, 0.15) is 68.1 Å². The van der Waals surface area contributed by atoms with E-state index in [1.165, 1.54) is 56.1 Å². The van der Waals surface area contributed by atoms with Gasteiger partial charge in [0.2, 0.25) is 0 Å². The van der Waals surface area contributed by atoms with Crippen LogP contribution in [-0.4, -0.2) is 30.2 Å². The highest BCUT2D eigenvalue weighted by Crippen LogP contribution is 2.56. The Kier molecular flexibility index (Phi) is 5.55. The van der Waals surface area contributed by atoms with Gasteiger partial charge in [-0.05, 0) is 79.2 Å². The molecule has 2 bridgehead atoms. The number of hydrogen-bond donors (Lipinski definition) is 0. The first kappa shape index (κ1) is 21.1. The predicted molar refractivity (Wildman–Crippen MR) is 128 cm³/mol. The maximum absolute atomic E-state index is 13.2. The Labute approximate surface area is 197 Å².